The van der Waals surface area contributed by atoms with Crippen molar-refractivity contribution in [2.75, 3.05) is 4.72 Å². The molecule has 3 N–H and O–H groups in total. The Balaban J connectivity index is 1.56. The van der Waals surface area contributed by atoms with Gasteiger partial charge in [-0.25, -0.2) is 22.6 Å². The predicted octanol–water partition coefficient (Wildman–Crippen LogP) is 5.76. The standard InChI is InChI=1S/C33H36FN5O4S/c1-6-7-16-39-31-28(32(40)37-33(39)41)35-30(36-31)26(18-24-10-8-9-11-27(24)34)23-12-14-25(15-13-23)38-44(42,43)29-21(4)19(2)17-20(3)22(29)5/h8-15,17,26,38H,6-7,16,18H2,1-5H3,(H,35,36)(H,37,40,41). The maximum atomic E-state index is 14.8. The number of H-pyrrole nitrogens is 2. The first-order valence-electron chi connectivity index (χ1n) is 14.6. The minimum atomic E-state index is -3.89. The number of nitrogens with one attached hydrogen (secondary N) is 3. The van der Waals surface area contributed by atoms with Crippen LogP contribution in [0.25, 0.3) is 11.2 Å². The van der Waals surface area contributed by atoms with E-state index in [4.69, 9.17) is 4.98 Å². The van der Waals surface area contributed by atoms with Gasteiger partial charge in [0, 0.05) is 18.2 Å². The molecule has 9 nitrogen and oxygen atoms in total. The number of imidazole rings is 1. The molecule has 44 heavy (non-hydrogen) atoms. The summed E-state index contributed by atoms with van der Waals surface area (Å²) in [5, 5.41) is 0. The number of aromatic amines is 2. The Morgan fingerprint density at radius 3 is 2.25 bits per heavy atom. The molecule has 1 atom stereocenters. The van der Waals surface area contributed by atoms with Gasteiger partial charge in [-0.05, 0) is 92.1 Å². The molecule has 0 spiro atoms. The van der Waals surface area contributed by atoms with Crippen LogP contribution in [-0.2, 0) is 23.0 Å². The Bertz CT molecular complexity index is 2050. The van der Waals surface area contributed by atoms with Crippen molar-refractivity contribution < 1.29 is 12.8 Å². The lowest BCUT2D eigenvalue weighted by Crippen LogP contribution is -2.30. The fourth-order valence-electron chi connectivity index (χ4n) is 5.58. The van der Waals surface area contributed by atoms with E-state index in [2.05, 4.69) is 14.7 Å². The second-order valence-electron chi connectivity index (χ2n) is 11.3. The molecular formula is C33H36FN5O4S. The van der Waals surface area contributed by atoms with E-state index < -0.39 is 27.2 Å². The minimum absolute atomic E-state index is 0.165. The van der Waals surface area contributed by atoms with Crippen molar-refractivity contribution in [2.45, 2.75) is 71.2 Å². The summed E-state index contributed by atoms with van der Waals surface area (Å²) in [6, 6.07) is 15.2. The first-order chi connectivity index (χ1) is 20.9. The van der Waals surface area contributed by atoms with E-state index in [0.29, 0.717) is 40.3 Å². The zero-order valence-corrected chi connectivity index (χ0v) is 26.2. The molecule has 0 aliphatic rings. The molecule has 0 saturated carbocycles. The van der Waals surface area contributed by atoms with Crippen LogP contribution in [-0.4, -0.2) is 27.9 Å². The molecule has 0 fully saturated rings. The summed E-state index contributed by atoms with van der Waals surface area (Å²) in [5.74, 6) is -0.530. The van der Waals surface area contributed by atoms with E-state index >= 15 is 0 Å². The van der Waals surface area contributed by atoms with Crippen molar-refractivity contribution in [3.8, 4) is 0 Å². The number of fused-ring (bicyclic) bond motifs is 1. The lowest BCUT2D eigenvalue weighted by molar-refractivity contribution is 0.597. The molecule has 5 rings (SSSR count). The molecule has 11 heteroatoms. The Morgan fingerprint density at radius 2 is 1.61 bits per heavy atom. The van der Waals surface area contributed by atoms with Gasteiger partial charge >= 0.3 is 5.69 Å². The van der Waals surface area contributed by atoms with Gasteiger partial charge in [0.2, 0.25) is 0 Å². The number of hydrogen-bond acceptors (Lipinski definition) is 5. The monoisotopic (exact) mass is 617 g/mol. The van der Waals surface area contributed by atoms with Crippen molar-refractivity contribution in [1.29, 1.82) is 0 Å². The lowest BCUT2D eigenvalue weighted by Gasteiger charge is -2.18. The predicted molar refractivity (Wildman–Crippen MR) is 170 cm³/mol. The minimum Gasteiger partial charge on any atom is -0.336 e. The fourth-order valence-corrected chi connectivity index (χ4v) is 7.25. The van der Waals surface area contributed by atoms with Gasteiger partial charge in [-0.1, -0.05) is 49.7 Å². The highest BCUT2D eigenvalue weighted by Gasteiger charge is 2.25. The highest BCUT2D eigenvalue weighted by Crippen LogP contribution is 2.31. The lowest BCUT2D eigenvalue weighted by atomic mass is 9.91. The fraction of sp³-hybridized carbons (Fsp3) is 0.303. The van der Waals surface area contributed by atoms with E-state index in [1.165, 1.54) is 10.6 Å². The summed E-state index contributed by atoms with van der Waals surface area (Å²) in [5.41, 5.74) is 3.99. The number of benzene rings is 3. The Hall–Kier alpha value is -4.51. The van der Waals surface area contributed by atoms with Crippen LogP contribution in [0.15, 0.2) is 69.1 Å². The van der Waals surface area contributed by atoms with Crippen LogP contribution in [0.2, 0.25) is 0 Å². The van der Waals surface area contributed by atoms with Crippen molar-refractivity contribution in [1.82, 2.24) is 19.5 Å². The Labute approximate surface area is 255 Å². The van der Waals surface area contributed by atoms with Crippen LogP contribution in [0.3, 0.4) is 0 Å². The van der Waals surface area contributed by atoms with Gasteiger partial charge in [0.15, 0.2) is 5.65 Å². The van der Waals surface area contributed by atoms with Gasteiger partial charge in [-0.15, -0.1) is 0 Å². The third-order valence-corrected chi connectivity index (χ3v) is 9.88. The molecule has 1 unspecified atom stereocenters. The molecule has 0 aliphatic carbocycles. The molecule has 2 aromatic heterocycles. The number of aromatic nitrogens is 4. The van der Waals surface area contributed by atoms with Gasteiger partial charge < -0.3 is 4.98 Å². The van der Waals surface area contributed by atoms with Crippen LogP contribution in [0.1, 0.15) is 64.9 Å². The Kier molecular flexibility index (Phi) is 8.60. The molecule has 0 radical (unpaired) electrons. The quantitative estimate of drug-likeness (QED) is 0.184. The van der Waals surface area contributed by atoms with E-state index in [9.17, 15) is 22.4 Å². The van der Waals surface area contributed by atoms with Crippen molar-refractivity contribution in [3.05, 3.63) is 120 Å². The van der Waals surface area contributed by atoms with Gasteiger partial charge in [-0.2, -0.15) is 0 Å². The number of unbranched alkanes of at least 4 members (excludes halogenated alkanes) is 1. The molecule has 0 aliphatic heterocycles. The van der Waals surface area contributed by atoms with Crippen LogP contribution < -0.4 is 16.0 Å². The number of sulfonamides is 1. The molecule has 5 aromatic rings. The average Bonchev–Trinajstić information content (AvgIpc) is 3.42. The molecule has 0 bridgehead atoms. The van der Waals surface area contributed by atoms with Crippen molar-refractivity contribution >= 4 is 26.9 Å². The highest BCUT2D eigenvalue weighted by atomic mass is 32.2. The number of aryl methyl sites for hydroxylation is 3. The van der Waals surface area contributed by atoms with E-state index in [1.807, 2.05) is 26.8 Å². The maximum absolute atomic E-state index is 14.8. The van der Waals surface area contributed by atoms with E-state index in [1.54, 1.807) is 56.3 Å². The molecule has 3 aromatic carbocycles. The third kappa shape index (κ3) is 5.96. The van der Waals surface area contributed by atoms with Crippen LogP contribution in [0.4, 0.5) is 10.1 Å². The largest absolute Gasteiger partial charge is 0.336 e. The zero-order chi connectivity index (χ0) is 31.8. The summed E-state index contributed by atoms with van der Waals surface area (Å²) >= 11 is 0. The SMILES string of the molecule is CCCCn1c(=O)[nH]c(=O)c2[nH]c(C(Cc3ccccc3F)c3ccc(NS(=O)(=O)c4c(C)c(C)cc(C)c4C)cc3)nc21. The number of anilines is 1. The number of rotatable bonds is 10. The molecule has 0 amide bonds. The Morgan fingerprint density at radius 1 is 0.955 bits per heavy atom. The first-order valence-corrected chi connectivity index (χ1v) is 16.1. The number of halogens is 1. The van der Waals surface area contributed by atoms with E-state index in [-0.39, 0.29) is 28.3 Å². The van der Waals surface area contributed by atoms with Gasteiger partial charge in [-0.3, -0.25) is 19.1 Å². The van der Waals surface area contributed by atoms with Crippen LogP contribution in [0.5, 0.6) is 0 Å². The number of nitrogens with zero attached hydrogens (tertiary/aromatic N) is 2. The van der Waals surface area contributed by atoms with Crippen LogP contribution in [0, 0.1) is 33.5 Å². The molecule has 230 valence electrons. The smallest absolute Gasteiger partial charge is 0.330 e. The molecular weight excluding hydrogens is 581 g/mol. The second kappa shape index (κ2) is 12.2. The topological polar surface area (TPSA) is 130 Å². The maximum Gasteiger partial charge on any atom is 0.330 e. The average molecular weight is 618 g/mol. The van der Waals surface area contributed by atoms with Crippen molar-refractivity contribution in [2.24, 2.45) is 0 Å². The molecule has 2 heterocycles. The summed E-state index contributed by atoms with van der Waals surface area (Å²) < 4.78 is 46.0. The first kappa shape index (κ1) is 30.9. The molecule has 0 saturated heterocycles. The van der Waals surface area contributed by atoms with Crippen LogP contribution >= 0.6 is 0 Å². The van der Waals surface area contributed by atoms with Crippen molar-refractivity contribution in [3.63, 3.8) is 0 Å². The second-order valence-corrected chi connectivity index (χ2v) is 12.9. The van der Waals surface area contributed by atoms with Gasteiger partial charge in [0.05, 0.1) is 4.90 Å². The summed E-state index contributed by atoms with van der Waals surface area (Å²) in [6.07, 6.45) is 1.77. The highest BCUT2D eigenvalue weighted by molar-refractivity contribution is 7.92. The zero-order valence-electron chi connectivity index (χ0n) is 25.4. The summed E-state index contributed by atoms with van der Waals surface area (Å²) in [6.45, 7) is 9.77. The number of hydrogen-bond donors (Lipinski definition) is 3. The summed E-state index contributed by atoms with van der Waals surface area (Å²) in [7, 11) is -3.89. The van der Waals surface area contributed by atoms with Gasteiger partial charge in [0.1, 0.15) is 17.2 Å². The normalized spacial score (nSPS) is 12.5. The van der Waals surface area contributed by atoms with E-state index in [0.717, 1.165) is 24.0 Å². The third-order valence-electron chi connectivity index (χ3n) is 8.23. The van der Waals surface area contributed by atoms with Gasteiger partial charge in [0.25, 0.3) is 15.6 Å². The summed E-state index contributed by atoms with van der Waals surface area (Å²) in [4.78, 5) is 35.8.